The van der Waals surface area contributed by atoms with E-state index in [0.29, 0.717) is 11.8 Å². The third-order valence-electron chi connectivity index (χ3n) is 4.31. The van der Waals surface area contributed by atoms with E-state index in [-0.39, 0.29) is 16.9 Å². The molecule has 2 nitrogen and oxygen atoms in total. The summed E-state index contributed by atoms with van der Waals surface area (Å²) in [5, 5.41) is 3.17. The molecular weight excluding hydrogens is 222 g/mol. The lowest BCUT2D eigenvalue weighted by Gasteiger charge is -2.44. The van der Waals surface area contributed by atoms with Crippen molar-refractivity contribution in [2.75, 3.05) is 0 Å². The van der Waals surface area contributed by atoms with Gasteiger partial charge in [-0.1, -0.05) is 26.3 Å². The lowest BCUT2D eigenvalue weighted by molar-refractivity contribution is -0.137. The van der Waals surface area contributed by atoms with Gasteiger partial charge in [-0.15, -0.1) is 6.58 Å². The maximum absolute atomic E-state index is 12.6. The molecule has 0 radical (unpaired) electrons. The number of hydrogen-bond acceptors (Lipinski definition) is 1. The number of carbonyl (C=O) groups excluding carboxylic acids is 1. The molecule has 18 heavy (non-hydrogen) atoms. The number of nitrogens with one attached hydrogen (secondary N) is 1. The van der Waals surface area contributed by atoms with Crippen LogP contribution in [0.4, 0.5) is 0 Å². The zero-order valence-electron chi connectivity index (χ0n) is 12.7. The van der Waals surface area contributed by atoms with Crippen LogP contribution in [0.1, 0.15) is 60.3 Å². The predicted octanol–water partition coefficient (Wildman–Crippen LogP) is 3.92. The predicted molar refractivity (Wildman–Crippen MR) is 77.3 cm³/mol. The fourth-order valence-corrected chi connectivity index (χ4v) is 3.16. The summed E-state index contributed by atoms with van der Waals surface area (Å²) in [5.41, 5.74) is -0.390. The lowest BCUT2D eigenvalue weighted by atomic mass is 9.62. The molecule has 0 bridgehead atoms. The van der Waals surface area contributed by atoms with Crippen LogP contribution in [-0.2, 0) is 4.79 Å². The average Bonchev–Trinajstić information content (AvgIpc) is 2.26. The zero-order chi connectivity index (χ0) is 14.0. The van der Waals surface area contributed by atoms with Crippen LogP contribution in [-0.4, -0.2) is 11.4 Å². The van der Waals surface area contributed by atoms with Crippen LogP contribution in [0, 0.1) is 17.3 Å². The number of carbonyl (C=O) groups is 1. The molecule has 1 saturated carbocycles. The largest absolute Gasteiger partial charge is 0.351 e. The molecule has 0 heterocycles. The molecule has 0 spiro atoms. The van der Waals surface area contributed by atoms with Gasteiger partial charge in [0, 0.05) is 11.0 Å². The van der Waals surface area contributed by atoms with Gasteiger partial charge < -0.3 is 5.32 Å². The minimum absolute atomic E-state index is 0.153. The van der Waals surface area contributed by atoms with E-state index in [1.807, 2.05) is 26.8 Å². The highest BCUT2D eigenvalue weighted by Gasteiger charge is 2.45. The Kier molecular flexibility index (Phi) is 4.63. The normalized spacial score (nSPS) is 32.9. The highest BCUT2D eigenvalue weighted by atomic mass is 16.2. The van der Waals surface area contributed by atoms with Crippen LogP contribution < -0.4 is 5.32 Å². The van der Waals surface area contributed by atoms with Gasteiger partial charge in [-0.25, -0.2) is 0 Å². The summed E-state index contributed by atoms with van der Waals surface area (Å²) in [7, 11) is 0. The van der Waals surface area contributed by atoms with Crippen molar-refractivity contribution in [1.29, 1.82) is 0 Å². The number of hydrogen-bond donors (Lipinski definition) is 1. The molecule has 0 aromatic heterocycles. The van der Waals surface area contributed by atoms with Crippen LogP contribution in [0.25, 0.3) is 0 Å². The summed E-state index contributed by atoms with van der Waals surface area (Å²) >= 11 is 0. The van der Waals surface area contributed by atoms with Crippen LogP contribution in [0.5, 0.6) is 0 Å². The Hall–Kier alpha value is -0.790. The van der Waals surface area contributed by atoms with E-state index in [2.05, 4.69) is 25.7 Å². The van der Waals surface area contributed by atoms with Gasteiger partial charge in [0.1, 0.15) is 0 Å². The molecule has 1 amide bonds. The van der Waals surface area contributed by atoms with Crippen LogP contribution in [0.3, 0.4) is 0 Å². The van der Waals surface area contributed by atoms with Crippen molar-refractivity contribution in [3.8, 4) is 0 Å². The number of amides is 1. The molecule has 1 aliphatic rings. The highest BCUT2D eigenvalue weighted by Crippen LogP contribution is 2.46. The van der Waals surface area contributed by atoms with Gasteiger partial charge in [-0.2, -0.15) is 0 Å². The second-order valence-corrected chi connectivity index (χ2v) is 7.00. The van der Waals surface area contributed by atoms with Crippen LogP contribution >= 0.6 is 0 Å². The summed E-state index contributed by atoms with van der Waals surface area (Å²) in [6.07, 6.45) is 6.37. The second-order valence-electron chi connectivity index (χ2n) is 7.00. The maximum Gasteiger partial charge on any atom is 0.226 e. The van der Waals surface area contributed by atoms with Gasteiger partial charge in [0.05, 0.1) is 0 Å². The average molecular weight is 251 g/mol. The van der Waals surface area contributed by atoms with E-state index in [0.717, 1.165) is 19.3 Å². The Labute approximate surface area is 112 Å². The summed E-state index contributed by atoms with van der Waals surface area (Å²) in [6, 6.07) is 0. The SMILES string of the molecule is C=C[C@@H]1CC[C@@H](CC)[C@](C)(C(=O)NC(C)(C)C)C1. The van der Waals surface area contributed by atoms with Crippen molar-refractivity contribution in [3.05, 3.63) is 12.7 Å². The molecule has 3 atom stereocenters. The first-order valence-electron chi connectivity index (χ1n) is 7.18. The summed E-state index contributed by atoms with van der Waals surface area (Å²) in [6.45, 7) is 14.4. The first-order chi connectivity index (χ1) is 8.23. The quantitative estimate of drug-likeness (QED) is 0.757. The maximum atomic E-state index is 12.6. The van der Waals surface area contributed by atoms with Crippen LogP contribution in [0.2, 0.25) is 0 Å². The fraction of sp³-hybridized carbons (Fsp3) is 0.812. The Morgan fingerprint density at radius 3 is 2.50 bits per heavy atom. The van der Waals surface area contributed by atoms with E-state index >= 15 is 0 Å². The van der Waals surface area contributed by atoms with Gasteiger partial charge in [0.25, 0.3) is 0 Å². The Morgan fingerprint density at radius 1 is 1.44 bits per heavy atom. The minimum atomic E-state index is -0.237. The smallest absolute Gasteiger partial charge is 0.226 e. The van der Waals surface area contributed by atoms with Gasteiger partial charge in [-0.3, -0.25) is 4.79 Å². The van der Waals surface area contributed by atoms with Gasteiger partial charge in [0.2, 0.25) is 5.91 Å². The third-order valence-corrected chi connectivity index (χ3v) is 4.31. The van der Waals surface area contributed by atoms with E-state index < -0.39 is 0 Å². The topological polar surface area (TPSA) is 29.1 Å². The van der Waals surface area contributed by atoms with Crippen molar-refractivity contribution in [2.45, 2.75) is 65.8 Å². The van der Waals surface area contributed by atoms with E-state index in [1.165, 1.54) is 6.42 Å². The second kappa shape index (κ2) is 5.46. The third kappa shape index (κ3) is 3.37. The minimum Gasteiger partial charge on any atom is -0.351 e. The van der Waals surface area contributed by atoms with Crippen molar-refractivity contribution in [2.24, 2.45) is 17.3 Å². The van der Waals surface area contributed by atoms with Crippen molar-refractivity contribution in [1.82, 2.24) is 5.32 Å². The first-order valence-corrected chi connectivity index (χ1v) is 7.18. The molecule has 104 valence electrons. The summed E-state index contributed by atoms with van der Waals surface area (Å²) in [5.74, 6) is 1.20. The Morgan fingerprint density at radius 2 is 2.06 bits per heavy atom. The molecule has 1 N–H and O–H groups in total. The molecule has 0 aromatic rings. The molecule has 0 aromatic carbocycles. The fourth-order valence-electron chi connectivity index (χ4n) is 3.16. The number of allylic oxidation sites excluding steroid dienone is 1. The monoisotopic (exact) mass is 251 g/mol. The standard InChI is InChI=1S/C16H29NO/c1-7-12-9-10-13(8-2)16(6,11-12)14(18)17-15(3,4)5/h7,12-13H,1,8-11H2,2-6H3,(H,17,18)/t12-,13-,16-/m1/s1. The van der Waals surface area contributed by atoms with Gasteiger partial charge in [0.15, 0.2) is 0 Å². The lowest BCUT2D eigenvalue weighted by Crippen LogP contribution is -2.52. The van der Waals surface area contributed by atoms with E-state index in [1.54, 1.807) is 0 Å². The first kappa shape index (κ1) is 15.3. The van der Waals surface area contributed by atoms with Crippen molar-refractivity contribution in [3.63, 3.8) is 0 Å². The van der Waals surface area contributed by atoms with Crippen molar-refractivity contribution >= 4 is 5.91 Å². The van der Waals surface area contributed by atoms with Crippen LogP contribution in [0.15, 0.2) is 12.7 Å². The van der Waals surface area contributed by atoms with Gasteiger partial charge >= 0.3 is 0 Å². The molecule has 0 unspecified atom stereocenters. The van der Waals surface area contributed by atoms with Gasteiger partial charge in [-0.05, 0) is 51.9 Å². The summed E-state index contributed by atoms with van der Waals surface area (Å²) in [4.78, 5) is 12.6. The molecule has 2 heteroatoms. The molecular formula is C16H29NO. The molecule has 1 rings (SSSR count). The number of rotatable bonds is 3. The molecule has 0 saturated heterocycles. The zero-order valence-corrected chi connectivity index (χ0v) is 12.7. The summed E-state index contributed by atoms with van der Waals surface area (Å²) < 4.78 is 0. The molecule has 0 aliphatic heterocycles. The highest BCUT2D eigenvalue weighted by molar-refractivity contribution is 5.83. The molecule has 1 aliphatic carbocycles. The van der Waals surface area contributed by atoms with Crippen molar-refractivity contribution < 1.29 is 4.79 Å². The molecule has 1 fully saturated rings. The Bertz CT molecular complexity index is 316. The van der Waals surface area contributed by atoms with E-state index in [9.17, 15) is 4.79 Å². The van der Waals surface area contributed by atoms with E-state index in [4.69, 9.17) is 0 Å². The Balaban J connectivity index is 2.89.